The molecule has 1 aromatic heterocycles. The number of nitrogens with zero attached hydrogens (tertiary/aromatic N) is 1. The zero-order valence-electron chi connectivity index (χ0n) is 10.6. The van der Waals surface area contributed by atoms with Gasteiger partial charge in [0, 0.05) is 17.5 Å². The molecule has 0 radical (unpaired) electrons. The molecule has 1 heterocycles. The van der Waals surface area contributed by atoms with Gasteiger partial charge in [0.05, 0.1) is 8.68 Å². The standard InChI is InChI=1S/C12H18BrNO2S2/c1-3-14(10-6-4-5-7-10)18(15,16)11-8-12(13)17-9(11)2/h8,10H,3-7H2,1-2H3. The third-order valence-corrected chi connectivity index (χ3v) is 7.31. The molecule has 102 valence electrons. The maximum atomic E-state index is 12.7. The molecular formula is C12H18BrNO2S2. The summed E-state index contributed by atoms with van der Waals surface area (Å²) in [5.41, 5.74) is 0. The van der Waals surface area contributed by atoms with Gasteiger partial charge in [0.15, 0.2) is 0 Å². The SMILES string of the molecule is CCN(C1CCCC1)S(=O)(=O)c1cc(Br)sc1C. The summed E-state index contributed by atoms with van der Waals surface area (Å²) < 4.78 is 28.0. The fourth-order valence-electron chi connectivity index (χ4n) is 2.63. The van der Waals surface area contributed by atoms with Crippen LogP contribution in [-0.4, -0.2) is 25.3 Å². The molecule has 1 fully saturated rings. The van der Waals surface area contributed by atoms with Crippen molar-refractivity contribution in [2.24, 2.45) is 0 Å². The average Bonchev–Trinajstić information content (AvgIpc) is 2.89. The third kappa shape index (κ3) is 2.66. The monoisotopic (exact) mass is 351 g/mol. The second-order valence-electron chi connectivity index (χ2n) is 4.62. The number of hydrogen-bond donors (Lipinski definition) is 0. The molecule has 6 heteroatoms. The van der Waals surface area contributed by atoms with E-state index in [2.05, 4.69) is 15.9 Å². The lowest BCUT2D eigenvalue weighted by Crippen LogP contribution is -2.38. The van der Waals surface area contributed by atoms with E-state index >= 15 is 0 Å². The van der Waals surface area contributed by atoms with E-state index in [1.165, 1.54) is 11.3 Å². The predicted octanol–water partition coefficient (Wildman–Crippen LogP) is 3.77. The fourth-order valence-corrected chi connectivity index (χ4v) is 6.71. The molecule has 0 amide bonds. The minimum Gasteiger partial charge on any atom is -0.207 e. The molecule has 0 atom stereocenters. The van der Waals surface area contributed by atoms with Crippen molar-refractivity contribution < 1.29 is 8.42 Å². The molecular weight excluding hydrogens is 334 g/mol. The summed E-state index contributed by atoms with van der Waals surface area (Å²) in [6.45, 7) is 4.34. The van der Waals surface area contributed by atoms with Crippen molar-refractivity contribution in [3.63, 3.8) is 0 Å². The fraction of sp³-hybridized carbons (Fsp3) is 0.667. The molecule has 0 aromatic carbocycles. The summed E-state index contributed by atoms with van der Waals surface area (Å²) in [5, 5.41) is 0. The highest BCUT2D eigenvalue weighted by Gasteiger charge is 2.33. The molecule has 1 aliphatic rings. The molecule has 0 unspecified atom stereocenters. The first-order valence-electron chi connectivity index (χ1n) is 6.24. The van der Waals surface area contributed by atoms with E-state index in [1.54, 1.807) is 10.4 Å². The van der Waals surface area contributed by atoms with Gasteiger partial charge in [0.1, 0.15) is 0 Å². The van der Waals surface area contributed by atoms with Crippen LogP contribution in [0.4, 0.5) is 0 Å². The number of rotatable bonds is 4. The molecule has 3 nitrogen and oxygen atoms in total. The highest BCUT2D eigenvalue weighted by Crippen LogP contribution is 2.34. The number of sulfonamides is 1. The second kappa shape index (κ2) is 5.61. The zero-order valence-corrected chi connectivity index (χ0v) is 13.9. The minimum atomic E-state index is -3.33. The highest BCUT2D eigenvalue weighted by atomic mass is 79.9. The van der Waals surface area contributed by atoms with Crippen LogP contribution in [0.15, 0.2) is 14.7 Å². The van der Waals surface area contributed by atoms with Gasteiger partial charge in [0.25, 0.3) is 0 Å². The molecule has 1 aliphatic carbocycles. The lowest BCUT2D eigenvalue weighted by Gasteiger charge is -2.26. The average molecular weight is 352 g/mol. The maximum absolute atomic E-state index is 12.7. The van der Waals surface area contributed by atoms with Crippen molar-refractivity contribution in [3.05, 3.63) is 14.7 Å². The summed E-state index contributed by atoms with van der Waals surface area (Å²) in [5.74, 6) is 0. The molecule has 1 saturated carbocycles. The Morgan fingerprint density at radius 2 is 2.06 bits per heavy atom. The zero-order chi connectivity index (χ0) is 13.3. The molecule has 0 aliphatic heterocycles. The summed E-state index contributed by atoms with van der Waals surface area (Å²) in [6, 6.07) is 1.92. The van der Waals surface area contributed by atoms with Crippen molar-refractivity contribution in [1.29, 1.82) is 0 Å². The van der Waals surface area contributed by atoms with Gasteiger partial charge in [-0.15, -0.1) is 11.3 Å². The van der Waals surface area contributed by atoms with Gasteiger partial charge < -0.3 is 0 Å². The predicted molar refractivity (Wildman–Crippen MR) is 78.6 cm³/mol. The second-order valence-corrected chi connectivity index (χ2v) is 9.11. The lowest BCUT2D eigenvalue weighted by atomic mass is 10.2. The van der Waals surface area contributed by atoms with Crippen LogP contribution in [0.2, 0.25) is 0 Å². The highest BCUT2D eigenvalue weighted by molar-refractivity contribution is 9.11. The van der Waals surface area contributed by atoms with Crippen LogP contribution in [-0.2, 0) is 10.0 Å². The summed E-state index contributed by atoms with van der Waals surface area (Å²) in [7, 11) is -3.33. The molecule has 0 N–H and O–H groups in total. The van der Waals surface area contributed by atoms with Crippen LogP contribution >= 0.6 is 27.3 Å². The Hall–Kier alpha value is 0.0900. The van der Waals surface area contributed by atoms with Gasteiger partial charge in [-0.25, -0.2) is 8.42 Å². The van der Waals surface area contributed by atoms with Gasteiger partial charge >= 0.3 is 0 Å². The largest absolute Gasteiger partial charge is 0.244 e. The van der Waals surface area contributed by atoms with Gasteiger partial charge in [-0.05, 0) is 41.8 Å². The molecule has 0 spiro atoms. The summed E-state index contributed by atoms with van der Waals surface area (Å²) in [6.07, 6.45) is 4.28. The first-order valence-corrected chi connectivity index (χ1v) is 9.29. The van der Waals surface area contributed by atoms with Gasteiger partial charge in [-0.3, -0.25) is 0 Å². The van der Waals surface area contributed by atoms with E-state index in [0.29, 0.717) is 11.4 Å². The van der Waals surface area contributed by atoms with E-state index in [1.807, 2.05) is 13.8 Å². The van der Waals surface area contributed by atoms with Crippen LogP contribution in [0.3, 0.4) is 0 Å². The Balaban J connectivity index is 2.36. The molecule has 2 rings (SSSR count). The van der Waals surface area contributed by atoms with Crippen LogP contribution in [0.25, 0.3) is 0 Å². The Bertz CT molecular complexity index is 518. The Morgan fingerprint density at radius 3 is 2.50 bits per heavy atom. The number of thiophene rings is 1. The van der Waals surface area contributed by atoms with E-state index in [9.17, 15) is 8.42 Å². The summed E-state index contributed by atoms with van der Waals surface area (Å²) >= 11 is 4.84. The first kappa shape index (κ1) is 14.5. The first-order chi connectivity index (χ1) is 8.46. The number of aryl methyl sites for hydroxylation is 1. The van der Waals surface area contributed by atoms with Crippen LogP contribution in [0, 0.1) is 6.92 Å². The van der Waals surface area contributed by atoms with Gasteiger partial charge in [-0.2, -0.15) is 4.31 Å². The van der Waals surface area contributed by atoms with E-state index in [-0.39, 0.29) is 6.04 Å². The van der Waals surface area contributed by atoms with E-state index < -0.39 is 10.0 Å². The molecule has 1 aromatic rings. The smallest absolute Gasteiger partial charge is 0.207 e. The third-order valence-electron chi connectivity index (χ3n) is 3.47. The topological polar surface area (TPSA) is 37.4 Å². The summed E-state index contributed by atoms with van der Waals surface area (Å²) in [4.78, 5) is 1.33. The van der Waals surface area contributed by atoms with Crippen LogP contribution in [0.1, 0.15) is 37.5 Å². The van der Waals surface area contributed by atoms with Crippen molar-refractivity contribution in [1.82, 2.24) is 4.31 Å². The van der Waals surface area contributed by atoms with E-state index in [4.69, 9.17) is 0 Å². The lowest BCUT2D eigenvalue weighted by molar-refractivity contribution is 0.335. The Morgan fingerprint density at radius 1 is 1.44 bits per heavy atom. The normalized spacial score (nSPS) is 17.8. The van der Waals surface area contributed by atoms with Crippen molar-refractivity contribution in [3.8, 4) is 0 Å². The van der Waals surface area contributed by atoms with Gasteiger partial charge in [0.2, 0.25) is 10.0 Å². The van der Waals surface area contributed by atoms with Crippen molar-refractivity contribution in [2.45, 2.75) is 50.5 Å². The number of hydrogen-bond acceptors (Lipinski definition) is 3. The Labute approximate surface area is 121 Å². The van der Waals surface area contributed by atoms with Crippen LogP contribution in [0.5, 0.6) is 0 Å². The number of halogens is 1. The Kier molecular flexibility index (Phi) is 4.52. The van der Waals surface area contributed by atoms with Gasteiger partial charge in [-0.1, -0.05) is 19.8 Å². The van der Waals surface area contributed by atoms with Crippen LogP contribution < -0.4 is 0 Å². The quantitative estimate of drug-likeness (QED) is 0.827. The maximum Gasteiger partial charge on any atom is 0.244 e. The molecule has 0 bridgehead atoms. The molecule has 0 saturated heterocycles. The molecule has 18 heavy (non-hydrogen) atoms. The minimum absolute atomic E-state index is 0.193. The van der Waals surface area contributed by atoms with Crippen molar-refractivity contribution in [2.75, 3.05) is 6.54 Å². The van der Waals surface area contributed by atoms with Crippen molar-refractivity contribution >= 4 is 37.3 Å². The van der Waals surface area contributed by atoms with E-state index in [0.717, 1.165) is 34.3 Å².